The van der Waals surface area contributed by atoms with Crippen LogP contribution in [0.15, 0.2) is 0 Å². The average Bonchev–Trinajstić information content (AvgIpc) is 3.22. The Morgan fingerprint density at radius 3 is 2.37 bits per heavy atom. The standard InChI is InChI=1S/C15H27N3O/c1-15(2)11-16-6-5-13(15)17-7-9-18(10-8-17)14(19)12-3-4-12/h12-13,16H,3-11H2,1-2H3. The van der Waals surface area contributed by atoms with E-state index in [4.69, 9.17) is 0 Å². The molecular weight excluding hydrogens is 238 g/mol. The summed E-state index contributed by atoms with van der Waals surface area (Å²) in [6.07, 6.45) is 3.49. The van der Waals surface area contributed by atoms with Crippen molar-refractivity contribution in [2.24, 2.45) is 11.3 Å². The number of carbonyl (C=O) groups excluding carboxylic acids is 1. The summed E-state index contributed by atoms with van der Waals surface area (Å²) >= 11 is 0. The summed E-state index contributed by atoms with van der Waals surface area (Å²) in [7, 11) is 0. The zero-order chi connectivity index (χ0) is 13.5. The Kier molecular flexibility index (Phi) is 3.56. The molecule has 0 bridgehead atoms. The monoisotopic (exact) mass is 265 g/mol. The zero-order valence-corrected chi connectivity index (χ0v) is 12.3. The predicted molar refractivity (Wildman–Crippen MR) is 75.9 cm³/mol. The van der Waals surface area contributed by atoms with Gasteiger partial charge in [0, 0.05) is 44.7 Å². The number of piperidine rings is 1. The van der Waals surface area contributed by atoms with Crippen molar-refractivity contribution in [2.75, 3.05) is 39.3 Å². The summed E-state index contributed by atoms with van der Waals surface area (Å²) in [5.41, 5.74) is 0.348. The molecule has 4 heteroatoms. The number of amides is 1. The van der Waals surface area contributed by atoms with Crippen molar-refractivity contribution in [3.63, 3.8) is 0 Å². The quantitative estimate of drug-likeness (QED) is 0.807. The van der Waals surface area contributed by atoms with Gasteiger partial charge in [-0.15, -0.1) is 0 Å². The summed E-state index contributed by atoms with van der Waals surface area (Å²) in [5, 5.41) is 3.50. The van der Waals surface area contributed by atoms with Gasteiger partial charge in [0.05, 0.1) is 0 Å². The second kappa shape index (κ2) is 5.06. The van der Waals surface area contributed by atoms with Crippen molar-refractivity contribution in [2.45, 2.75) is 39.2 Å². The second-order valence-electron chi connectivity index (χ2n) is 7.11. The lowest BCUT2D eigenvalue weighted by atomic mass is 9.79. The number of hydrogen-bond donors (Lipinski definition) is 1. The summed E-state index contributed by atoms with van der Waals surface area (Å²) in [6, 6.07) is 0.673. The molecule has 2 saturated heterocycles. The topological polar surface area (TPSA) is 35.6 Å². The van der Waals surface area contributed by atoms with Gasteiger partial charge in [0.1, 0.15) is 0 Å². The molecule has 3 rings (SSSR count). The van der Waals surface area contributed by atoms with Gasteiger partial charge in [0.25, 0.3) is 0 Å². The number of piperazine rings is 1. The molecule has 0 aromatic rings. The first-order valence-corrected chi connectivity index (χ1v) is 7.81. The van der Waals surface area contributed by atoms with Crippen molar-refractivity contribution >= 4 is 5.91 Å². The summed E-state index contributed by atoms with van der Waals surface area (Å²) < 4.78 is 0. The molecule has 0 aromatic carbocycles. The van der Waals surface area contributed by atoms with Crippen LogP contribution in [0.1, 0.15) is 33.1 Å². The lowest BCUT2D eigenvalue weighted by molar-refractivity contribution is -0.135. The fourth-order valence-electron chi connectivity index (χ4n) is 3.68. The molecule has 1 saturated carbocycles. The van der Waals surface area contributed by atoms with E-state index in [-0.39, 0.29) is 0 Å². The third-order valence-electron chi connectivity index (χ3n) is 5.07. The minimum atomic E-state index is 0.348. The SMILES string of the molecule is CC1(C)CNCCC1N1CCN(C(=O)C2CC2)CC1. The Morgan fingerprint density at radius 1 is 1.11 bits per heavy atom. The Bertz CT molecular complexity index is 343. The van der Waals surface area contributed by atoms with Gasteiger partial charge in [0.15, 0.2) is 0 Å². The van der Waals surface area contributed by atoms with E-state index < -0.39 is 0 Å². The van der Waals surface area contributed by atoms with Gasteiger partial charge in [0.2, 0.25) is 5.91 Å². The van der Waals surface area contributed by atoms with Crippen molar-refractivity contribution in [1.29, 1.82) is 0 Å². The van der Waals surface area contributed by atoms with Gasteiger partial charge >= 0.3 is 0 Å². The maximum Gasteiger partial charge on any atom is 0.225 e. The molecule has 0 aromatic heterocycles. The summed E-state index contributed by atoms with van der Waals surface area (Å²) in [6.45, 7) is 11.0. The molecule has 2 aliphatic heterocycles. The van der Waals surface area contributed by atoms with Crippen LogP contribution in [0.5, 0.6) is 0 Å². The number of nitrogens with zero attached hydrogens (tertiary/aromatic N) is 2. The van der Waals surface area contributed by atoms with E-state index in [1.807, 2.05) is 0 Å². The van der Waals surface area contributed by atoms with Crippen molar-refractivity contribution in [3.05, 3.63) is 0 Å². The maximum absolute atomic E-state index is 12.1. The van der Waals surface area contributed by atoms with Crippen LogP contribution in [0.4, 0.5) is 0 Å². The predicted octanol–water partition coefficient (Wildman–Crippen LogP) is 0.929. The molecule has 1 atom stereocenters. The highest BCUT2D eigenvalue weighted by atomic mass is 16.2. The molecule has 0 radical (unpaired) electrons. The third-order valence-corrected chi connectivity index (χ3v) is 5.07. The Hall–Kier alpha value is -0.610. The minimum absolute atomic E-state index is 0.348. The van der Waals surface area contributed by atoms with Crippen molar-refractivity contribution in [3.8, 4) is 0 Å². The number of carbonyl (C=O) groups is 1. The molecule has 4 nitrogen and oxygen atoms in total. The molecule has 108 valence electrons. The molecule has 19 heavy (non-hydrogen) atoms. The largest absolute Gasteiger partial charge is 0.340 e. The van der Waals surface area contributed by atoms with Crippen LogP contribution < -0.4 is 5.32 Å². The van der Waals surface area contributed by atoms with Crippen LogP contribution in [-0.4, -0.2) is 61.0 Å². The number of nitrogens with one attached hydrogen (secondary N) is 1. The van der Waals surface area contributed by atoms with E-state index in [0.717, 1.165) is 52.1 Å². The fraction of sp³-hybridized carbons (Fsp3) is 0.933. The Morgan fingerprint density at radius 2 is 1.79 bits per heavy atom. The van der Waals surface area contributed by atoms with E-state index in [1.54, 1.807) is 0 Å². The Balaban J connectivity index is 1.55. The van der Waals surface area contributed by atoms with Crippen molar-refractivity contribution in [1.82, 2.24) is 15.1 Å². The molecule has 1 aliphatic carbocycles. The summed E-state index contributed by atoms with van der Waals surface area (Å²) in [4.78, 5) is 16.8. The molecule has 1 unspecified atom stereocenters. The third kappa shape index (κ3) is 2.79. The summed E-state index contributed by atoms with van der Waals surface area (Å²) in [5.74, 6) is 0.797. The van der Waals surface area contributed by atoms with Gasteiger partial charge in [-0.1, -0.05) is 13.8 Å². The van der Waals surface area contributed by atoms with E-state index in [0.29, 0.717) is 23.3 Å². The van der Waals surface area contributed by atoms with Gasteiger partial charge in [-0.05, 0) is 31.2 Å². The Labute approximate surface area is 116 Å². The first kappa shape index (κ1) is 13.4. The highest BCUT2D eigenvalue weighted by molar-refractivity contribution is 5.81. The van der Waals surface area contributed by atoms with Gasteiger partial charge in [-0.3, -0.25) is 9.69 Å². The molecule has 1 N–H and O–H groups in total. The van der Waals surface area contributed by atoms with E-state index in [9.17, 15) is 4.79 Å². The lowest BCUT2D eigenvalue weighted by Crippen LogP contribution is -2.59. The van der Waals surface area contributed by atoms with Crippen LogP contribution in [0.2, 0.25) is 0 Å². The molecule has 1 amide bonds. The molecule has 2 heterocycles. The molecule has 0 spiro atoms. The average molecular weight is 265 g/mol. The van der Waals surface area contributed by atoms with E-state index in [1.165, 1.54) is 6.42 Å². The highest BCUT2D eigenvalue weighted by Crippen LogP contribution is 2.33. The van der Waals surface area contributed by atoms with E-state index >= 15 is 0 Å². The first-order chi connectivity index (χ1) is 9.08. The zero-order valence-electron chi connectivity index (χ0n) is 12.3. The fourth-order valence-corrected chi connectivity index (χ4v) is 3.68. The normalized spacial score (nSPS) is 32.3. The van der Waals surface area contributed by atoms with E-state index in [2.05, 4.69) is 29.0 Å². The second-order valence-corrected chi connectivity index (χ2v) is 7.11. The highest BCUT2D eigenvalue weighted by Gasteiger charge is 2.39. The molecule has 3 aliphatic rings. The lowest BCUT2D eigenvalue weighted by Gasteiger charge is -2.48. The van der Waals surface area contributed by atoms with Gasteiger partial charge in [-0.25, -0.2) is 0 Å². The van der Waals surface area contributed by atoms with Gasteiger partial charge in [-0.2, -0.15) is 0 Å². The molecular formula is C15H27N3O. The van der Waals surface area contributed by atoms with Crippen LogP contribution in [0, 0.1) is 11.3 Å². The van der Waals surface area contributed by atoms with Crippen LogP contribution in [-0.2, 0) is 4.79 Å². The molecule has 3 fully saturated rings. The van der Waals surface area contributed by atoms with Gasteiger partial charge < -0.3 is 10.2 Å². The van der Waals surface area contributed by atoms with Crippen molar-refractivity contribution < 1.29 is 4.79 Å². The van der Waals surface area contributed by atoms with Crippen LogP contribution >= 0.6 is 0 Å². The van der Waals surface area contributed by atoms with Crippen LogP contribution in [0.3, 0.4) is 0 Å². The first-order valence-electron chi connectivity index (χ1n) is 7.81. The maximum atomic E-state index is 12.1. The number of hydrogen-bond acceptors (Lipinski definition) is 3. The minimum Gasteiger partial charge on any atom is -0.340 e. The van der Waals surface area contributed by atoms with Crippen LogP contribution in [0.25, 0.3) is 0 Å². The number of rotatable bonds is 2. The smallest absolute Gasteiger partial charge is 0.225 e.